The Hall–Kier alpha value is -2.18. The van der Waals surface area contributed by atoms with E-state index in [-0.39, 0.29) is 6.04 Å². The molecule has 5 nitrogen and oxygen atoms in total. The highest BCUT2D eigenvalue weighted by atomic mass is 32.1. The van der Waals surface area contributed by atoms with E-state index < -0.39 is 0 Å². The molecule has 0 aliphatic carbocycles. The highest BCUT2D eigenvalue weighted by Crippen LogP contribution is 2.23. The van der Waals surface area contributed by atoms with E-state index in [2.05, 4.69) is 42.6 Å². The lowest BCUT2D eigenvalue weighted by Crippen LogP contribution is -2.39. The van der Waals surface area contributed by atoms with Crippen molar-refractivity contribution in [1.29, 1.82) is 0 Å². The predicted molar refractivity (Wildman–Crippen MR) is 89.4 cm³/mol. The van der Waals surface area contributed by atoms with E-state index in [1.165, 1.54) is 11.3 Å². The minimum atomic E-state index is 0.203. The molecule has 0 bridgehead atoms. The van der Waals surface area contributed by atoms with Crippen molar-refractivity contribution in [2.75, 3.05) is 13.2 Å². The van der Waals surface area contributed by atoms with Crippen molar-refractivity contribution in [2.24, 2.45) is 0 Å². The van der Waals surface area contributed by atoms with Crippen LogP contribution in [0.4, 0.5) is 0 Å². The fraction of sp³-hybridized carbons (Fsp3) is 0.294. The Bertz CT molecular complexity index is 741. The molecule has 0 saturated carbocycles. The highest BCUT2D eigenvalue weighted by Gasteiger charge is 2.26. The number of hydrogen-bond donors (Lipinski definition) is 0. The maximum Gasteiger partial charge on any atom is 0.213 e. The first-order chi connectivity index (χ1) is 11.4. The first-order valence-corrected chi connectivity index (χ1v) is 8.62. The van der Waals surface area contributed by atoms with Gasteiger partial charge >= 0.3 is 0 Å². The van der Waals surface area contributed by atoms with Crippen molar-refractivity contribution in [2.45, 2.75) is 19.1 Å². The van der Waals surface area contributed by atoms with Gasteiger partial charge in [-0.05, 0) is 34.5 Å². The normalized spacial score (nSPS) is 17.8. The molecule has 23 heavy (non-hydrogen) atoms. The van der Waals surface area contributed by atoms with Gasteiger partial charge in [0.1, 0.15) is 6.61 Å². The summed E-state index contributed by atoms with van der Waals surface area (Å²) < 4.78 is 7.95. The molecule has 0 aromatic carbocycles. The van der Waals surface area contributed by atoms with Gasteiger partial charge in [0, 0.05) is 38.1 Å². The predicted octanol–water partition coefficient (Wildman–Crippen LogP) is 2.98. The van der Waals surface area contributed by atoms with Gasteiger partial charge in [-0.2, -0.15) is 16.4 Å². The molecule has 0 spiro atoms. The number of rotatable bonds is 5. The Morgan fingerprint density at radius 1 is 1.22 bits per heavy atom. The molecule has 1 aliphatic rings. The minimum absolute atomic E-state index is 0.203. The van der Waals surface area contributed by atoms with Crippen LogP contribution >= 0.6 is 11.3 Å². The molecule has 0 unspecified atom stereocenters. The molecule has 0 radical (unpaired) electrons. The Balaban J connectivity index is 1.47. The quantitative estimate of drug-likeness (QED) is 0.723. The van der Waals surface area contributed by atoms with Crippen LogP contribution in [-0.2, 0) is 13.1 Å². The average Bonchev–Trinajstić information content (AvgIpc) is 3.25. The first kappa shape index (κ1) is 14.4. The lowest BCUT2D eigenvalue weighted by atomic mass is 10.2. The molecule has 3 aromatic rings. The summed E-state index contributed by atoms with van der Waals surface area (Å²) in [5.74, 6) is 0.663. The van der Waals surface area contributed by atoms with E-state index in [1.54, 1.807) is 17.5 Å². The topological polar surface area (TPSA) is 43.2 Å². The summed E-state index contributed by atoms with van der Waals surface area (Å²) in [5.41, 5.74) is 2.61. The number of fused-ring (bicyclic) bond motifs is 1. The van der Waals surface area contributed by atoms with E-state index in [9.17, 15) is 0 Å². The molecule has 3 aromatic heterocycles. The van der Waals surface area contributed by atoms with Crippen molar-refractivity contribution >= 4 is 11.3 Å². The number of ether oxygens (including phenoxy) is 1. The number of nitrogens with zero attached hydrogens (tertiary/aromatic N) is 4. The standard InChI is InChI=1S/C17H18N4OS/c1-2-6-18-17(3-1)22-12-16-11-20(9-14-5-8-23-13-14)10-15-4-7-19-21(15)16/h1-8,13,16H,9-12H2/t16-/m1/s1. The van der Waals surface area contributed by atoms with Gasteiger partial charge < -0.3 is 4.74 Å². The van der Waals surface area contributed by atoms with E-state index in [0.717, 1.165) is 19.6 Å². The second-order valence-corrected chi connectivity index (χ2v) is 6.48. The van der Waals surface area contributed by atoms with E-state index >= 15 is 0 Å². The van der Waals surface area contributed by atoms with Gasteiger partial charge in [0.15, 0.2) is 0 Å². The lowest BCUT2D eigenvalue weighted by Gasteiger charge is -2.33. The average molecular weight is 326 g/mol. The van der Waals surface area contributed by atoms with E-state index in [4.69, 9.17) is 4.74 Å². The van der Waals surface area contributed by atoms with Crippen molar-refractivity contribution in [3.05, 3.63) is 64.7 Å². The Morgan fingerprint density at radius 2 is 2.22 bits per heavy atom. The molecular weight excluding hydrogens is 308 g/mol. The van der Waals surface area contributed by atoms with E-state index in [0.29, 0.717) is 12.5 Å². The van der Waals surface area contributed by atoms with Crippen LogP contribution in [0.3, 0.4) is 0 Å². The van der Waals surface area contributed by atoms with Gasteiger partial charge in [0.05, 0.1) is 11.7 Å². The fourth-order valence-corrected chi connectivity index (χ4v) is 3.62. The summed E-state index contributed by atoms with van der Waals surface area (Å²) in [6, 6.07) is 10.2. The number of hydrogen-bond acceptors (Lipinski definition) is 5. The first-order valence-electron chi connectivity index (χ1n) is 7.68. The smallest absolute Gasteiger partial charge is 0.213 e. The molecule has 1 aliphatic heterocycles. The minimum Gasteiger partial charge on any atom is -0.475 e. The van der Waals surface area contributed by atoms with Gasteiger partial charge in [0.2, 0.25) is 5.88 Å². The summed E-state index contributed by atoms with van der Waals surface area (Å²) in [7, 11) is 0. The zero-order valence-electron chi connectivity index (χ0n) is 12.7. The largest absolute Gasteiger partial charge is 0.475 e. The maximum absolute atomic E-state index is 5.86. The van der Waals surface area contributed by atoms with Crippen LogP contribution in [-0.4, -0.2) is 32.8 Å². The van der Waals surface area contributed by atoms with Crippen LogP contribution in [0.1, 0.15) is 17.3 Å². The van der Waals surface area contributed by atoms with Crippen LogP contribution in [0, 0.1) is 0 Å². The summed E-state index contributed by atoms with van der Waals surface area (Å²) in [5, 5.41) is 8.82. The van der Waals surface area contributed by atoms with Gasteiger partial charge in [0.25, 0.3) is 0 Å². The molecule has 1 atom stereocenters. The molecule has 0 saturated heterocycles. The third-order valence-corrected chi connectivity index (χ3v) is 4.73. The highest BCUT2D eigenvalue weighted by molar-refractivity contribution is 7.07. The molecule has 4 rings (SSSR count). The third kappa shape index (κ3) is 3.28. The van der Waals surface area contributed by atoms with Gasteiger partial charge in [-0.25, -0.2) is 4.98 Å². The zero-order chi connectivity index (χ0) is 15.5. The van der Waals surface area contributed by atoms with Gasteiger partial charge in [-0.15, -0.1) is 0 Å². The van der Waals surface area contributed by atoms with Crippen LogP contribution in [0.2, 0.25) is 0 Å². The molecule has 6 heteroatoms. The van der Waals surface area contributed by atoms with Gasteiger partial charge in [-0.3, -0.25) is 9.58 Å². The Kier molecular flexibility index (Phi) is 4.08. The SMILES string of the molecule is c1ccc(OC[C@H]2CN(Cc3ccsc3)Cc3ccnn32)nc1. The number of aromatic nitrogens is 3. The van der Waals surface area contributed by atoms with Crippen LogP contribution in [0.15, 0.2) is 53.5 Å². The van der Waals surface area contributed by atoms with Crippen molar-refractivity contribution in [1.82, 2.24) is 19.7 Å². The fourth-order valence-electron chi connectivity index (χ4n) is 2.96. The van der Waals surface area contributed by atoms with E-state index in [1.807, 2.05) is 24.4 Å². The Labute approximate surface area is 139 Å². The summed E-state index contributed by atoms with van der Waals surface area (Å²) in [6.07, 6.45) is 3.62. The van der Waals surface area contributed by atoms with Crippen molar-refractivity contribution in [3.8, 4) is 5.88 Å². The summed E-state index contributed by atoms with van der Waals surface area (Å²) >= 11 is 1.75. The summed E-state index contributed by atoms with van der Waals surface area (Å²) in [6.45, 7) is 3.40. The second-order valence-electron chi connectivity index (χ2n) is 5.70. The molecular formula is C17H18N4OS. The van der Waals surface area contributed by atoms with Crippen LogP contribution < -0.4 is 4.74 Å². The molecule has 0 N–H and O–H groups in total. The third-order valence-electron chi connectivity index (χ3n) is 4.00. The maximum atomic E-state index is 5.86. The van der Waals surface area contributed by atoms with Crippen molar-refractivity contribution < 1.29 is 4.74 Å². The lowest BCUT2D eigenvalue weighted by molar-refractivity contribution is 0.125. The molecule has 118 valence electrons. The monoisotopic (exact) mass is 326 g/mol. The van der Waals surface area contributed by atoms with Crippen LogP contribution in [0.5, 0.6) is 5.88 Å². The Morgan fingerprint density at radius 3 is 3.04 bits per heavy atom. The van der Waals surface area contributed by atoms with Crippen LogP contribution in [0.25, 0.3) is 0 Å². The molecule has 0 fully saturated rings. The van der Waals surface area contributed by atoms with Crippen molar-refractivity contribution in [3.63, 3.8) is 0 Å². The molecule has 0 amide bonds. The summed E-state index contributed by atoms with van der Waals surface area (Å²) in [4.78, 5) is 6.67. The number of pyridine rings is 1. The number of thiophene rings is 1. The zero-order valence-corrected chi connectivity index (χ0v) is 13.5. The molecule has 4 heterocycles. The van der Waals surface area contributed by atoms with Gasteiger partial charge in [-0.1, -0.05) is 6.07 Å². The second kappa shape index (κ2) is 6.52.